The molecule has 0 fully saturated rings. The van der Waals surface area contributed by atoms with Gasteiger partial charge in [0, 0.05) is 5.56 Å². The standard InChI is InChI=1S/C18H15FN2O5S/c1-11-2-7-14(27(20,23)24)8-15(11)18(22)25-10-17-21-9-16(26-17)12-3-5-13(19)6-4-12/h2-9H,10H2,1H3,(H2,20,23,24). The molecule has 27 heavy (non-hydrogen) atoms. The number of hydrogen-bond acceptors (Lipinski definition) is 6. The second kappa shape index (κ2) is 7.29. The Kier molecular flexibility index (Phi) is 5.06. The summed E-state index contributed by atoms with van der Waals surface area (Å²) in [6, 6.07) is 9.59. The summed E-state index contributed by atoms with van der Waals surface area (Å²) in [5.74, 6) is -0.569. The average molecular weight is 390 g/mol. The third-order valence-corrected chi connectivity index (χ3v) is 4.68. The van der Waals surface area contributed by atoms with Crippen LogP contribution in [0.2, 0.25) is 0 Å². The molecule has 1 aromatic heterocycles. The van der Waals surface area contributed by atoms with Crippen LogP contribution in [0.4, 0.5) is 4.39 Å². The number of carbonyl (C=O) groups is 1. The van der Waals surface area contributed by atoms with E-state index in [1.807, 2.05) is 0 Å². The molecule has 0 amide bonds. The molecule has 2 aromatic carbocycles. The zero-order valence-corrected chi connectivity index (χ0v) is 15.0. The van der Waals surface area contributed by atoms with Gasteiger partial charge < -0.3 is 9.15 Å². The molecule has 0 bridgehead atoms. The molecular formula is C18H15FN2O5S. The lowest BCUT2D eigenvalue weighted by Gasteiger charge is -2.07. The molecule has 1 heterocycles. The van der Waals surface area contributed by atoms with Crippen LogP contribution in [0, 0.1) is 12.7 Å². The van der Waals surface area contributed by atoms with Crippen LogP contribution in [0.5, 0.6) is 0 Å². The van der Waals surface area contributed by atoms with Crippen molar-refractivity contribution in [3.05, 3.63) is 71.5 Å². The van der Waals surface area contributed by atoms with E-state index in [2.05, 4.69) is 4.98 Å². The lowest BCUT2D eigenvalue weighted by atomic mass is 10.1. The summed E-state index contributed by atoms with van der Waals surface area (Å²) in [6.07, 6.45) is 1.43. The second-order valence-electron chi connectivity index (χ2n) is 5.72. The van der Waals surface area contributed by atoms with Gasteiger partial charge >= 0.3 is 5.97 Å². The van der Waals surface area contributed by atoms with Crippen molar-refractivity contribution in [1.82, 2.24) is 4.98 Å². The Morgan fingerprint density at radius 3 is 2.59 bits per heavy atom. The van der Waals surface area contributed by atoms with E-state index in [0.29, 0.717) is 16.9 Å². The zero-order valence-electron chi connectivity index (χ0n) is 14.2. The van der Waals surface area contributed by atoms with E-state index < -0.39 is 16.0 Å². The monoisotopic (exact) mass is 390 g/mol. The number of nitrogens with zero attached hydrogens (tertiary/aromatic N) is 1. The number of primary sulfonamides is 1. The normalized spacial score (nSPS) is 11.4. The number of ether oxygens (including phenoxy) is 1. The van der Waals surface area contributed by atoms with E-state index in [0.717, 1.165) is 6.07 Å². The van der Waals surface area contributed by atoms with Gasteiger partial charge in [0.05, 0.1) is 16.7 Å². The molecule has 140 valence electrons. The number of benzene rings is 2. The molecule has 0 unspecified atom stereocenters. The molecule has 0 aliphatic heterocycles. The molecule has 0 saturated carbocycles. The van der Waals surface area contributed by atoms with Crippen molar-refractivity contribution in [3.8, 4) is 11.3 Å². The summed E-state index contributed by atoms with van der Waals surface area (Å²) in [4.78, 5) is 16.1. The minimum atomic E-state index is -3.94. The highest BCUT2D eigenvalue weighted by Gasteiger charge is 2.17. The van der Waals surface area contributed by atoms with Crippen molar-refractivity contribution in [2.24, 2.45) is 5.14 Å². The Morgan fingerprint density at radius 2 is 1.93 bits per heavy atom. The first-order valence-corrected chi connectivity index (χ1v) is 9.30. The number of carbonyl (C=O) groups excluding carboxylic acids is 1. The van der Waals surface area contributed by atoms with Crippen LogP contribution in [-0.4, -0.2) is 19.4 Å². The Hall–Kier alpha value is -3.04. The van der Waals surface area contributed by atoms with Gasteiger partial charge in [-0.3, -0.25) is 0 Å². The number of halogens is 1. The van der Waals surface area contributed by atoms with Crippen molar-refractivity contribution < 1.29 is 26.8 Å². The van der Waals surface area contributed by atoms with Crippen LogP contribution in [0.3, 0.4) is 0 Å². The highest BCUT2D eigenvalue weighted by atomic mass is 32.2. The highest BCUT2D eigenvalue weighted by Crippen LogP contribution is 2.21. The Bertz CT molecular complexity index is 1090. The Labute approximate surface area is 154 Å². The lowest BCUT2D eigenvalue weighted by molar-refractivity contribution is 0.0438. The van der Waals surface area contributed by atoms with Crippen LogP contribution in [0.15, 0.2) is 58.0 Å². The minimum absolute atomic E-state index is 0.0758. The number of nitrogens with two attached hydrogens (primary N) is 1. The summed E-state index contributed by atoms with van der Waals surface area (Å²) in [7, 11) is -3.94. The van der Waals surface area contributed by atoms with Crippen LogP contribution in [0.1, 0.15) is 21.8 Å². The minimum Gasteiger partial charge on any atom is -0.452 e. The first kappa shape index (κ1) is 18.7. The topological polar surface area (TPSA) is 112 Å². The van der Waals surface area contributed by atoms with Crippen molar-refractivity contribution >= 4 is 16.0 Å². The molecule has 0 atom stereocenters. The second-order valence-corrected chi connectivity index (χ2v) is 7.28. The fourth-order valence-corrected chi connectivity index (χ4v) is 2.87. The van der Waals surface area contributed by atoms with E-state index in [9.17, 15) is 17.6 Å². The molecule has 2 N–H and O–H groups in total. The summed E-state index contributed by atoms with van der Waals surface area (Å²) in [6.45, 7) is 1.39. The van der Waals surface area contributed by atoms with E-state index in [1.165, 1.54) is 42.6 Å². The van der Waals surface area contributed by atoms with E-state index >= 15 is 0 Å². The average Bonchev–Trinajstić information content (AvgIpc) is 3.08. The fourth-order valence-electron chi connectivity index (χ4n) is 2.33. The maximum atomic E-state index is 13.0. The van der Waals surface area contributed by atoms with Crippen molar-refractivity contribution in [2.75, 3.05) is 0 Å². The molecular weight excluding hydrogens is 375 g/mol. The zero-order chi connectivity index (χ0) is 19.6. The largest absolute Gasteiger partial charge is 0.452 e. The molecule has 0 radical (unpaired) electrons. The fraction of sp³-hybridized carbons (Fsp3) is 0.111. The quantitative estimate of drug-likeness (QED) is 0.671. The summed E-state index contributed by atoms with van der Waals surface area (Å²) >= 11 is 0. The third-order valence-electron chi connectivity index (χ3n) is 3.77. The van der Waals surface area contributed by atoms with Gasteiger partial charge in [-0.05, 0) is 48.9 Å². The van der Waals surface area contributed by atoms with Crippen LogP contribution in [0.25, 0.3) is 11.3 Å². The maximum absolute atomic E-state index is 13.0. The molecule has 0 aliphatic rings. The van der Waals surface area contributed by atoms with Gasteiger partial charge in [-0.25, -0.2) is 27.7 Å². The Balaban J connectivity index is 1.72. The number of sulfonamides is 1. The molecule has 0 aliphatic carbocycles. The third kappa shape index (κ3) is 4.39. The van der Waals surface area contributed by atoms with Crippen molar-refractivity contribution in [2.45, 2.75) is 18.4 Å². The molecule has 7 nitrogen and oxygen atoms in total. The van der Waals surface area contributed by atoms with Gasteiger partial charge in [0.25, 0.3) is 0 Å². The van der Waals surface area contributed by atoms with Gasteiger partial charge in [0.15, 0.2) is 12.4 Å². The van der Waals surface area contributed by atoms with Crippen LogP contribution >= 0.6 is 0 Å². The molecule has 3 rings (SSSR count). The van der Waals surface area contributed by atoms with Crippen LogP contribution in [-0.2, 0) is 21.4 Å². The van der Waals surface area contributed by atoms with E-state index in [4.69, 9.17) is 14.3 Å². The number of aryl methyl sites for hydroxylation is 1. The first-order chi connectivity index (χ1) is 12.7. The van der Waals surface area contributed by atoms with Gasteiger partial charge in [-0.15, -0.1) is 0 Å². The Morgan fingerprint density at radius 1 is 1.22 bits per heavy atom. The van der Waals surface area contributed by atoms with Crippen molar-refractivity contribution in [3.63, 3.8) is 0 Å². The van der Waals surface area contributed by atoms with E-state index in [1.54, 1.807) is 6.92 Å². The van der Waals surface area contributed by atoms with Gasteiger partial charge in [0.1, 0.15) is 5.82 Å². The van der Waals surface area contributed by atoms with Crippen molar-refractivity contribution in [1.29, 1.82) is 0 Å². The molecule has 3 aromatic rings. The smallest absolute Gasteiger partial charge is 0.338 e. The maximum Gasteiger partial charge on any atom is 0.338 e. The molecule has 0 saturated heterocycles. The molecule has 0 spiro atoms. The number of rotatable bonds is 5. The number of oxazole rings is 1. The van der Waals surface area contributed by atoms with Gasteiger partial charge in [-0.1, -0.05) is 6.07 Å². The predicted molar refractivity (Wildman–Crippen MR) is 93.6 cm³/mol. The van der Waals surface area contributed by atoms with Gasteiger partial charge in [-0.2, -0.15) is 0 Å². The van der Waals surface area contributed by atoms with E-state index in [-0.39, 0.29) is 28.8 Å². The van der Waals surface area contributed by atoms with Crippen LogP contribution < -0.4 is 5.14 Å². The first-order valence-electron chi connectivity index (χ1n) is 7.75. The highest BCUT2D eigenvalue weighted by molar-refractivity contribution is 7.89. The lowest BCUT2D eigenvalue weighted by Crippen LogP contribution is -2.14. The number of hydrogen-bond donors (Lipinski definition) is 1. The van der Waals surface area contributed by atoms with Gasteiger partial charge in [0.2, 0.25) is 15.9 Å². The summed E-state index contributed by atoms with van der Waals surface area (Å²) < 4.78 is 46.4. The summed E-state index contributed by atoms with van der Waals surface area (Å²) in [5, 5.41) is 5.08. The number of esters is 1. The number of aromatic nitrogens is 1. The summed E-state index contributed by atoms with van der Waals surface area (Å²) in [5.41, 5.74) is 1.23. The molecule has 9 heteroatoms. The SMILES string of the molecule is Cc1ccc(S(N)(=O)=O)cc1C(=O)OCc1ncc(-c2ccc(F)cc2)o1. The predicted octanol–water partition coefficient (Wildman–Crippen LogP) is 2.79.